The van der Waals surface area contributed by atoms with Gasteiger partial charge < -0.3 is 10.1 Å². The van der Waals surface area contributed by atoms with Crippen molar-refractivity contribution in [2.75, 3.05) is 13.2 Å². The van der Waals surface area contributed by atoms with Crippen molar-refractivity contribution in [3.05, 3.63) is 32.8 Å². The molecule has 1 aromatic carbocycles. The average Bonchev–Trinajstić information content (AvgIpc) is 2.29. The van der Waals surface area contributed by atoms with E-state index in [-0.39, 0.29) is 12.5 Å². The standard InChI is InChI=1S/C11H12Cl3NO2/c1-2-17-10(16)6-15-5-7-8(12)3-4-9(13)11(7)14/h3-4,15H,2,5-6H2,1H3. The number of carbonyl (C=O) groups excluding carboxylic acids is 1. The highest BCUT2D eigenvalue weighted by Gasteiger charge is 2.10. The van der Waals surface area contributed by atoms with Crippen LogP contribution < -0.4 is 5.32 Å². The molecule has 0 radical (unpaired) electrons. The third-order valence-corrected chi connectivity index (χ3v) is 3.21. The molecule has 0 aliphatic rings. The SMILES string of the molecule is CCOC(=O)CNCc1c(Cl)ccc(Cl)c1Cl. The van der Waals surface area contributed by atoms with E-state index in [0.717, 1.165) is 0 Å². The Kier molecular flexibility index (Phi) is 6.06. The van der Waals surface area contributed by atoms with E-state index in [4.69, 9.17) is 39.5 Å². The highest BCUT2D eigenvalue weighted by Crippen LogP contribution is 2.31. The van der Waals surface area contributed by atoms with Gasteiger partial charge in [0.2, 0.25) is 0 Å². The number of rotatable bonds is 5. The van der Waals surface area contributed by atoms with E-state index in [2.05, 4.69) is 5.32 Å². The summed E-state index contributed by atoms with van der Waals surface area (Å²) in [7, 11) is 0. The Morgan fingerprint density at radius 2 is 1.94 bits per heavy atom. The molecule has 3 nitrogen and oxygen atoms in total. The van der Waals surface area contributed by atoms with Gasteiger partial charge >= 0.3 is 5.97 Å². The van der Waals surface area contributed by atoms with Crippen molar-refractivity contribution in [1.29, 1.82) is 0 Å². The van der Waals surface area contributed by atoms with Crippen LogP contribution in [0.25, 0.3) is 0 Å². The normalized spacial score (nSPS) is 10.4. The number of ether oxygens (including phenoxy) is 1. The Hall–Kier alpha value is -0.480. The summed E-state index contributed by atoms with van der Waals surface area (Å²) >= 11 is 17.8. The number of esters is 1. The smallest absolute Gasteiger partial charge is 0.319 e. The van der Waals surface area contributed by atoms with Gasteiger partial charge in [-0.1, -0.05) is 34.8 Å². The van der Waals surface area contributed by atoms with Crippen molar-refractivity contribution in [2.45, 2.75) is 13.5 Å². The van der Waals surface area contributed by atoms with E-state index < -0.39 is 0 Å². The molecule has 0 aliphatic carbocycles. The minimum Gasteiger partial charge on any atom is -0.465 e. The van der Waals surface area contributed by atoms with Crippen LogP contribution in [0.1, 0.15) is 12.5 Å². The van der Waals surface area contributed by atoms with Crippen LogP contribution >= 0.6 is 34.8 Å². The maximum absolute atomic E-state index is 11.1. The van der Waals surface area contributed by atoms with Crippen LogP contribution in [0.4, 0.5) is 0 Å². The first-order chi connectivity index (χ1) is 8.06. The molecule has 0 saturated heterocycles. The van der Waals surface area contributed by atoms with E-state index >= 15 is 0 Å². The fourth-order valence-electron chi connectivity index (χ4n) is 1.23. The van der Waals surface area contributed by atoms with Crippen LogP contribution in [0.15, 0.2) is 12.1 Å². The number of hydrogen-bond acceptors (Lipinski definition) is 3. The van der Waals surface area contributed by atoms with Crippen LogP contribution in [0.3, 0.4) is 0 Å². The second-order valence-corrected chi connectivity index (χ2v) is 4.42. The lowest BCUT2D eigenvalue weighted by Gasteiger charge is -2.09. The van der Waals surface area contributed by atoms with Crippen molar-refractivity contribution >= 4 is 40.8 Å². The predicted molar refractivity (Wildman–Crippen MR) is 69.8 cm³/mol. The van der Waals surface area contributed by atoms with E-state index in [1.165, 1.54) is 0 Å². The van der Waals surface area contributed by atoms with Gasteiger partial charge in [-0.05, 0) is 19.1 Å². The van der Waals surface area contributed by atoms with E-state index in [9.17, 15) is 4.79 Å². The Balaban J connectivity index is 2.58. The third kappa shape index (κ3) is 4.36. The number of nitrogens with one attached hydrogen (secondary N) is 1. The second kappa shape index (κ2) is 7.07. The van der Waals surface area contributed by atoms with Crippen molar-refractivity contribution in [3.8, 4) is 0 Å². The molecule has 17 heavy (non-hydrogen) atoms. The molecule has 0 aliphatic heterocycles. The van der Waals surface area contributed by atoms with Crippen LogP contribution in [-0.2, 0) is 16.1 Å². The summed E-state index contributed by atoms with van der Waals surface area (Å²) in [4.78, 5) is 11.1. The van der Waals surface area contributed by atoms with Gasteiger partial charge in [-0.15, -0.1) is 0 Å². The minimum atomic E-state index is -0.318. The Morgan fingerprint density at radius 3 is 2.59 bits per heavy atom. The van der Waals surface area contributed by atoms with Crippen molar-refractivity contribution in [1.82, 2.24) is 5.32 Å². The fourth-order valence-corrected chi connectivity index (χ4v) is 1.91. The number of benzene rings is 1. The molecule has 0 fully saturated rings. The summed E-state index contributed by atoms with van der Waals surface area (Å²) in [6.07, 6.45) is 0. The van der Waals surface area contributed by atoms with Gasteiger partial charge in [-0.2, -0.15) is 0 Å². The average molecular weight is 297 g/mol. The molecule has 0 atom stereocenters. The van der Waals surface area contributed by atoms with Crippen molar-refractivity contribution in [3.63, 3.8) is 0 Å². The Morgan fingerprint density at radius 1 is 1.29 bits per heavy atom. The quantitative estimate of drug-likeness (QED) is 0.669. The Bertz CT molecular complexity index is 410. The molecule has 0 unspecified atom stereocenters. The topological polar surface area (TPSA) is 38.3 Å². The summed E-state index contributed by atoms with van der Waals surface area (Å²) in [5.41, 5.74) is 0.671. The fraction of sp³-hybridized carbons (Fsp3) is 0.364. The first-order valence-electron chi connectivity index (χ1n) is 5.05. The third-order valence-electron chi connectivity index (χ3n) is 2.02. The molecule has 94 valence electrons. The Labute approximate surface area is 115 Å². The molecule has 6 heteroatoms. The monoisotopic (exact) mass is 295 g/mol. The molecule has 0 spiro atoms. The number of carbonyl (C=O) groups is 1. The van der Waals surface area contributed by atoms with Crippen molar-refractivity contribution in [2.24, 2.45) is 0 Å². The van der Waals surface area contributed by atoms with Crippen molar-refractivity contribution < 1.29 is 9.53 Å². The van der Waals surface area contributed by atoms with Gasteiger partial charge in [0.05, 0.1) is 23.2 Å². The summed E-state index contributed by atoms with van der Waals surface area (Å²) in [5.74, 6) is -0.318. The molecule has 0 saturated carbocycles. The van der Waals surface area contributed by atoms with Gasteiger partial charge in [0.1, 0.15) is 0 Å². The molecular formula is C11H12Cl3NO2. The van der Waals surface area contributed by atoms with Crippen LogP contribution in [0.2, 0.25) is 15.1 Å². The molecule has 0 aromatic heterocycles. The molecule has 0 heterocycles. The molecule has 0 bridgehead atoms. The lowest BCUT2D eigenvalue weighted by atomic mass is 10.2. The number of hydrogen-bond donors (Lipinski definition) is 1. The first-order valence-corrected chi connectivity index (χ1v) is 6.18. The maximum Gasteiger partial charge on any atom is 0.319 e. The summed E-state index contributed by atoms with van der Waals surface area (Å²) in [6, 6.07) is 3.29. The zero-order valence-corrected chi connectivity index (χ0v) is 11.5. The van der Waals surface area contributed by atoms with Gasteiger partial charge in [0.15, 0.2) is 0 Å². The number of halogens is 3. The van der Waals surface area contributed by atoms with Crippen LogP contribution in [0.5, 0.6) is 0 Å². The molecular weight excluding hydrogens is 284 g/mol. The van der Waals surface area contributed by atoms with Gasteiger partial charge in [0.25, 0.3) is 0 Å². The van der Waals surface area contributed by atoms with Crippen LogP contribution in [0, 0.1) is 0 Å². The first kappa shape index (κ1) is 14.6. The highest BCUT2D eigenvalue weighted by molar-refractivity contribution is 6.44. The summed E-state index contributed by atoms with van der Waals surface area (Å²) in [5, 5.41) is 4.24. The molecule has 1 aromatic rings. The molecule has 0 amide bonds. The lowest BCUT2D eigenvalue weighted by molar-refractivity contribution is -0.142. The zero-order valence-electron chi connectivity index (χ0n) is 9.23. The predicted octanol–water partition coefficient (Wildman–Crippen LogP) is 3.30. The second-order valence-electron chi connectivity index (χ2n) is 3.23. The van der Waals surface area contributed by atoms with Gasteiger partial charge in [0, 0.05) is 17.1 Å². The zero-order chi connectivity index (χ0) is 12.8. The summed E-state index contributed by atoms with van der Waals surface area (Å²) in [6.45, 7) is 2.58. The largest absolute Gasteiger partial charge is 0.465 e. The highest BCUT2D eigenvalue weighted by atomic mass is 35.5. The van der Waals surface area contributed by atoms with E-state index in [0.29, 0.717) is 33.8 Å². The van der Waals surface area contributed by atoms with E-state index in [1.807, 2.05) is 0 Å². The van der Waals surface area contributed by atoms with Gasteiger partial charge in [-0.25, -0.2) is 0 Å². The summed E-state index contributed by atoms with van der Waals surface area (Å²) < 4.78 is 4.77. The van der Waals surface area contributed by atoms with Gasteiger partial charge in [-0.3, -0.25) is 4.79 Å². The maximum atomic E-state index is 11.1. The van der Waals surface area contributed by atoms with Crippen LogP contribution in [-0.4, -0.2) is 19.1 Å². The molecule has 1 rings (SSSR count). The minimum absolute atomic E-state index is 0.104. The van der Waals surface area contributed by atoms with E-state index in [1.54, 1.807) is 19.1 Å². The lowest BCUT2D eigenvalue weighted by Crippen LogP contribution is -2.24. The molecule has 1 N–H and O–H groups in total.